The van der Waals surface area contributed by atoms with Crippen LogP contribution in [0.25, 0.3) is 64.7 Å². The van der Waals surface area contributed by atoms with Crippen molar-refractivity contribution < 1.29 is 9.85 Å². The van der Waals surface area contributed by atoms with Crippen molar-refractivity contribution in [1.82, 2.24) is 0 Å². The van der Waals surface area contributed by atoms with Gasteiger partial charge in [0, 0.05) is 55.6 Å². The zero-order valence-electron chi connectivity index (χ0n) is 35.6. The number of non-ortho nitro benzene ring substituents is 2. The highest BCUT2D eigenvalue weighted by molar-refractivity contribution is 7.27. The number of nitrogens with zero attached hydrogens (tertiary/aromatic N) is 2. The van der Waals surface area contributed by atoms with E-state index in [2.05, 4.69) is 126 Å². The van der Waals surface area contributed by atoms with Crippen LogP contribution in [0.1, 0.15) is 66.8 Å². The molecule has 0 atom stereocenters. The van der Waals surface area contributed by atoms with Crippen LogP contribution in [0.15, 0.2) is 133 Å². The average Bonchev–Trinajstić information content (AvgIpc) is 3.90. The van der Waals surface area contributed by atoms with Crippen molar-refractivity contribution in [3.05, 3.63) is 232 Å². The zero-order valence-corrected chi connectivity index (χ0v) is 36.5. The van der Waals surface area contributed by atoms with Crippen LogP contribution in [-0.2, 0) is 0 Å². The van der Waals surface area contributed by atoms with Crippen LogP contribution in [0, 0.1) is 73.6 Å². The molecule has 8 aromatic carbocycles. The van der Waals surface area contributed by atoms with E-state index < -0.39 is 0 Å². The molecule has 11 rings (SSSR count). The van der Waals surface area contributed by atoms with E-state index in [9.17, 15) is 20.2 Å². The number of thiophene rings is 1. The first-order chi connectivity index (χ1) is 30.4. The molecule has 6 nitrogen and oxygen atoms in total. The van der Waals surface area contributed by atoms with Gasteiger partial charge in [0.15, 0.2) is 0 Å². The SMILES string of the molecule is Cc1cc(C)c([C]2c3ccc(-c4ccc([N+](=O)[O-])cc4)cc3-c3c2ccc2c3sc3c4c(ccc32)[C](c2c(C)cc(C)cc2C)c2ccc(-c3ccc([N+](=O)[O-])cc3)cc2-4)c(C)c1. The molecule has 0 aliphatic heterocycles. The lowest BCUT2D eigenvalue weighted by Gasteiger charge is -2.20. The van der Waals surface area contributed by atoms with Gasteiger partial charge in [-0.1, -0.05) is 83.9 Å². The third-order valence-corrected chi connectivity index (χ3v) is 14.4. The van der Waals surface area contributed by atoms with Crippen molar-refractivity contribution in [1.29, 1.82) is 0 Å². The average molecular weight is 837 g/mol. The molecule has 0 bridgehead atoms. The summed E-state index contributed by atoms with van der Waals surface area (Å²) in [7, 11) is 0. The Labute approximate surface area is 369 Å². The predicted octanol–water partition coefficient (Wildman–Crippen LogP) is 15.1. The molecule has 0 saturated carbocycles. The molecule has 0 unspecified atom stereocenters. The summed E-state index contributed by atoms with van der Waals surface area (Å²) in [6, 6.07) is 45.3. The zero-order chi connectivity index (χ0) is 43.6. The molecule has 0 spiro atoms. The summed E-state index contributed by atoms with van der Waals surface area (Å²) in [5.74, 6) is 2.46. The van der Waals surface area contributed by atoms with Crippen molar-refractivity contribution in [2.24, 2.45) is 0 Å². The minimum absolute atomic E-state index is 0.0697. The number of hydrogen-bond donors (Lipinski definition) is 0. The molecule has 2 aliphatic carbocycles. The minimum Gasteiger partial charge on any atom is -0.258 e. The van der Waals surface area contributed by atoms with E-state index in [1.807, 2.05) is 35.6 Å². The summed E-state index contributed by atoms with van der Waals surface area (Å²) in [6.45, 7) is 13.1. The summed E-state index contributed by atoms with van der Waals surface area (Å²) in [6.07, 6.45) is 0. The highest BCUT2D eigenvalue weighted by atomic mass is 32.1. The van der Waals surface area contributed by atoms with Crippen LogP contribution >= 0.6 is 11.3 Å². The molecule has 7 heteroatoms. The topological polar surface area (TPSA) is 86.3 Å². The lowest BCUT2D eigenvalue weighted by atomic mass is 9.83. The lowest BCUT2D eigenvalue weighted by molar-refractivity contribution is -0.385. The van der Waals surface area contributed by atoms with Gasteiger partial charge in [-0.05, 0) is 167 Å². The van der Waals surface area contributed by atoms with Gasteiger partial charge in [0.25, 0.3) is 11.4 Å². The Morgan fingerprint density at radius 2 is 0.698 bits per heavy atom. The van der Waals surface area contributed by atoms with Crippen molar-refractivity contribution in [2.45, 2.75) is 41.5 Å². The monoisotopic (exact) mass is 836 g/mol. The van der Waals surface area contributed by atoms with Crippen molar-refractivity contribution >= 4 is 42.9 Å². The maximum absolute atomic E-state index is 11.6. The normalized spacial score (nSPS) is 13.0. The van der Waals surface area contributed by atoms with E-state index in [0.717, 1.165) is 33.4 Å². The third kappa shape index (κ3) is 5.90. The third-order valence-electron chi connectivity index (χ3n) is 13.1. The van der Waals surface area contributed by atoms with Crippen LogP contribution in [0.4, 0.5) is 11.4 Å². The highest BCUT2D eigenvalue weighted by Gasteiger charge is 2.38. The van der Waals surface area contributed by atoms with Crippen molar-refractivity contribution in [3.8, 4) is 44.5 Å². The minimum atomic E-state index is -0.357. The molecule has 0 amide bonds. The standard InChI is InChI=1S/C56H40N2O4S/c1-29-23-31(3)49(32(4)24-29)51-41-17-11-37(35-7-13-39(14-8-35)57(59)60)27-47(41)53-45(51)21-19-43-44-20-22-46-52(50-33(5)25-30(2)26-34(50)6)42-18-12-38(36-9-15-40(16-10-36)58(61)62)28-48(42)54(46)56(44)63-55(43)53/h7-28H,1-6H3. The molecule has 1 aromatic heterocycles. The number of nitro groups is 2. The Bertz CT molecular complexity index is 3200. The second-order valence-corrected chi connectivity index (χ2v) is 18.3. The van der Waals surface area contributed by atoms with Gasteiger partial charge in [-0.3, -0.25) is 20.2 Å². The second kappa shape index (κ2) is 14.2. The summed E-state index contributed by atoms with van der Waals surface area (Å²) in [5.41, 5.74) is 23.4. The second-order valence-electron chi connectivity index (χ2n) is 17.3. The number of rotatable bonds is 6. The van der Waals surface area contributed by atoms with Crippen molar-refractivity contribution in [2.75, 3.05) is 0 Å². The molecular formula is C56H40N2O4S. The number of benzene rings is 8. The number of fused-ring (bicyclic) bond motifs is 11. The van der Waals surface area contributed by atoms with Crippen molar-refractivity contribution in [3.63, 3.8) is 0 Å². The molecule has 9 aromatic rings. The van der Waals surface area contributed by atoms with Gasteiger partial charge in [0.05, 0.1) is 21.7 Å². The molecule has 0 N–H and O–H groups in total. The van der Waals surface area contributed by atoms with Gasteiger partial charge in [-0.15, -0.1) is 11.3 Å². The number of hydrogen-bond acceptors (Lipinski definition) is 5. The van der Waals surface area contributed by atoms with Gasteiger partial charge in [0.2, 0.25) is 0 Å². The van der Waals surface area contributed by atoms with E-state index in [4.69, 9.17) is 0 Å². The van der Waals surface area contributed by atoms with E-state index >= 15 is 0 Å². The Kier molecular flexibility index (Phi) is 8.69. The summed E-state index contributed by atoms with van der Waals surface area (Å²) in [4.78, 5) is 22.4. The molecule has 1 heterocycles. The predicted molar refractivity (Wildman–Crippen MR) is 257 cm³/mol. The van der Waals surface area contributed by atoms with E-state index in [-0.39, 0.29) is 21.2 Å². The van der Waals surface area contributed by atoms with Gasteiger partial charge < -0.3 is 0 Å². The molecule has 2 aliphatic rings. The first-order valence-corrected chi connectivity index (χ1v) is 21.9. The highest BCUT2D eigenvalue weighted by Crippen LogP contribution is 2.58. The summed E-state index contributed by atoms with van der Waals surface area (Å²) in [5, 5.41) is 25.5. The fourth-order valence-electron chi connectivity index (χ4n) is 10.7. The number of nitro benzene ring substituents is 2. The van der Waals surface area contributed by atoms with Gasteiger partial charge >= 0.3 is 0 Å². The first-order valence-electron chi connectivity index (χ1n) is 21.1. The van der Waals surface area contributed by atoms with E-state index in [0.29, 0.717) is 0 Å². The smallest absolute Gasteiger partial charge is 0.258 e. The quantitative estimate of drug-likeness (QED) is 0.123. The van der Waals surface area contributed by atoms with Gasteiger partial charge in [-0.2, -0.15) is 0 Å². The number of aryl methyl sites for hydroxylation is 6. The Hall–Kier alpha value is -7.22. The van der Waals surface area contributed by atoms with Crippen LogP contribution < -0.4 is 0 Å². The maximum atomic E-state index is 11.6. The molecule has 63 heavy (non-hydrogen) atoms. The van der Waals surface area contributed by atoms with Crippen LogP contribution in [-0.4, -0.2) is 9.85 Å². The Morgan fingerprint density at radius 1 is 0.365 bits per heavy atom. The first kappa shape index (κ1) is 38.7. The van der Waals surface area contributed by atoms with Crippen LogP contribution in [0.5, 0.6) is 0 Å². The molecule has 0 fully saturated rings. The largest absolute Gasteiger partial charge is 0.269 e. The molecule has 304 valence electrons. The Morgan fingerprint density at radius 3 is 1.05 bits per heavy atom. The maximum Gasteiger partial charge on any atom is 0.269 e. The van der Waals surface area contributed by atoms with Gasteiger partial charge in [-0.25, -0.2) is 0 Å². The van der Waals surface area contributed by atoms with Crippen LogP contribution in [0.2, 0.25) is 0 Å². The molecule has 0 saturated heterocycles. The van der Waals surface area contributed by atoms with Gasteiger partial charge in [0.1, 0.15) is 0 Å². The van der Waals surface area contributed by atoms with E-state index in [1.165, 1.54) is 110 Å². The fourth-order valence-corrected chi connectivity index (χ4v) is 12.1. The van der Waals surface area contributed by atoms with E-state index in [1.54, 1.807) is 24.3 Å². The summed E-state index contributed by atoms with van der Waals surface area (Å²) >= 11 is 1.85. The Balaban J connectivity index is 1.18. The van der Waals surface area contributed by atoms with Crippen LogP contribution in [0.3, 0.4) is 0 Å². The summed E-state index contributed by atoms with van der Waals surface area (Å²) < 4.78 is 2.44. The fraction of sp³-hybridized carbons (Fsp3) is 0.107. The molecular weight excluding hydrogens is 797 g/mol. The molecule has 2 radical (unpaired) electrons. The lowest BCUT2D eigenvalue weighted by Crippen LogP contribution is -2.06.